The van der Waals surface area contributed by atoms with Gasteiger partial charge in [-0.3, -0.25) is 0 Å². The van der Waals surface area contributed by atoms with E-state index in [-0.39, 0.29) is 5.75 Å². The van der Waals surface area contributed by atoms with E-state index in [0.29, 0.717) is 13.0 Å². The summed E-state index contributed by atoms with van der Waals surface area (Å²) in [6, 6.07) is 15.7. The Kier molecular flexibility index (Phi) is 3.71. The van der Waals surface area contributed by atoms with Crippen molar-refractivity contribution in [2.75, 3.05) is 17.2 Å². The van der Waals surface area contributed by atoms with Crippen molar-refractivity contribution in [2.24, 2.45) is 0 Å². The Labute approximate surface area is 120 Å². The highest BCUT2D eigenvalue weighted by Gasteiger charge is 2.23. The van der Waals surface area contributed by atoms with Gasteiger partial charge in [0, 0.05) is 6.54 Å². The lowest BCUT2D eigenvalue weighted by molar-refractivity contribution is 0.473. The fourth-order valence-electron chi connectivity index (χ4n) is 2.37. The summed E-state index contributed by atoms with van der Waals surface area (Å²) in [4.78, 5) is 2.14. The van der Waals surface area contributed by atoms with Crippen molar-refractivity contribution < 1.29 is 13.5 Å². The maximum atomic E-state index is 10.8. The topological polar surface area (TPSA) is 49.8 Å². The molecule has 0 spiro atoms. The summed E-state index contributed by atoms with van der Waals surface area (Å²) in [7, 11) is 0. The molecule has 4 nitrogen and oxygen atoms in total. The molecule has 0 bridgehead atoms. The Morgan fingerprint density at radius 2 is 1.55 bits per heavy atom. The first-order valence-electron chi connectivity index (χ1n) is 6.46. The molecule has 20 heavy (non-hydrogen) atoms. The van der Waals surface area contributed by atoms with Crippen molar-refractivity contribution in [1.29, 1.82) is 0 Å². The first-order valence-corrected chi connectivity index (χ1v) is 7.74. The lowest BCUT2D eigenvalue weighted by atomic mass is 10.1. The Hall–Kier alpha value is -1.85. The normalized spacial score (nSPS) is 14.2. The number of nitrogens with zero attached hydrogens (tertiary/aromatic N) is 1. The molecule has 0 fully saturated rings. The van der Waals surface area contributed by atoms with E-state index < -0.39 is 11.1 Å². The minimum Gasteiger partial charge on any atom is -0.453 e. The van der Waals surface area contributed by atoms with E-state index in [1.54, 1.807) is 0 Å². The van der Waals surface area contributed by atoms with Crippen molar-refractivity contribution in [1.82, 2.24) is 0 Å². The molecule has 1 aliphatic rings. The van der Waals surface area contributed by atoms with E-state index in [1.807, 2.05) is 48.5 Å². The maximum absolute atomic E-state index is 10.8. The zero-order chi connectivity index (χ0) is 13.9. The van der Waals surface area contributed by atoms with Gasteiger partial charge in [0.25, 0.3) is 0 Å². The van der Waals surface area contributed by atoms with E-state index >= 15 is 0 Å². The van der Waals surface area contributed by atoms with E-state index in [1.165, 1.54) is 0 Å². The first-order chi connectivity index (χ1) is 9.75. The van der Waals surface area contributed by atoms with Crippen LogP contribution in [-0.2, 0) is 11.1 Å². The van der Waals surface area contributed by atoms with Crippen LogP contribution in [0, 0.1) is 0 Å². The van der Waals surface area contributed by atoms with E-state index in [9.17, 15) is 4.21 Å². The molecule has 5 heteroatoms. The minimum atomic E-state index is -1.74. The molecule has 0 saturated carbocycles. The van der Waals surface area contributed by atoms with Gasteiger partial charge in [0.2, 0.25) is 0 Å². The van der Waals surface area contributed by atoms with Gasteiger partial charge in [-0.05, 0) is 30.7 Å². The Bertz CT molecular complexity index is 599. The molecule has 0 aliphatic carbocycles. The Morgan fingerprint density at radius 3 is 2.10 bits per heavy atom. The second kappa shape index (κ2) is 5.64. The van der Waals surface area contributed by atoms with Gasteiger partial charge in [-0.25, -0.2) is 4.21 Å². The van der Waals surface area contributed by atoms with Crippen LogP contribution in [0.2, 0.25) is 0 Å². The number of fused-ring (bicyclic) bond motifs is 2. The SMILES string of the molecule is O=S(O)CCCN1c2ccccc2Oc2ccccc21. The second-order valence-electron chi connectivity index (χ2n) is 4.57. The molecule has 0 radical (unpaired) electrons. The van der Waals surface area contributed by atoms with Crippen molar-refractivity contribution in [3.63, 3.8) is 0 Å². The molecule has 3 rings (SSSR count). The molecular weight excluding hydrogens is 274 g/mol. The van der Waals surface area contributed by atoms with Crippen LogP contribution in [0.5, 0.6) is 11.5 Å². The Morgan fingerprint density at radius 1 is 1.00 bits per heavy atom. The molecule has 0 amide bonds. The molecule has 1 N–H and O–H groups in total. The number of anilines is 2. The third-order valence-corrected chi connectivity index (χ3v) is 3.87. The predicted molar refractivity (Wildman–Crippen MR) is 80.2 cm³/mol. The molecule has 2 aromatic carbocycles. The minimum absolute atomic E-state index is 0.279. The largest absolute Gasteiger partial charge is 0.453 e. The lowest BCUT2D eigenvalue weighted by Gasteiger charge is -2.32. The van der Waals surface area contributed by atoms with Crippen LogP contribution >= 0.6 is 0 Å². The van der Waals surface area contributed by atoms with Gasteiger partial charge in [0.1, 0.15) is 0 Å². The second-order valence-corrected chi connectivity index (χ2v) is 5.62. The lowest BCUT2D eigenvalue weighted by Crippen LogP contribution is -2.23. The van der Waals surface area contributed by atoms with Gasteiger partial charge < -0.3 is 14.2 Å². The van der Waals surface area contributed by atoms with Crippen molar-refractivity contribution >= 4 is 22.5 Å². The summed E-state index contributed by atoms with van der Waals surface area (Å²) in [6.07, 6.45) is 0.645. The average molecular weight is 289 g/mol. The van der Waals surface area contributed by atoms with E-state index in [0.717, 1.165) is 22.9 Å². The molecule has 2 aromatic rings. The fourth-order valence-corrected chi connectivity index (χ4v) is 2.74. The number of ether oxygens (including phenoxy) is 1. The summed E-state index contributed by atoms with van der Waals surface area (Å²) < 4.78 is 25.6. The fraction of sp³-hybridized carbons (Fsp3) is 0.200. The van der Waals surface area contributed by atoms with Crippen molar-refractivity contribution in [3.8, 4) is 11.5 Å². The van der Waals surface area contributed by atoms with Gasteiger partial charge in [-0.2, -0.15) is 0 Å². The molecule has 0 saturated heterocycles. The van der Waals surface area contributed by atoms with Crippen LogP contribution in [0.1, 0.15) is 6.42 Å². The van der Waals surface area contributed by atoms with Crippen LogP contribution in [0.3, 0.4) is 0 Å². The summed E-state index contributed by atoms with van der Waals surface area (Å²) in [5.41, 5.74) is 1.99. The number of rotatable bonds is 4. The van der Waals surface area contributed by atoms with Gasteiger partial charge in [0.15, 0.2) is 22.6 Å². The van der Waals surface area contributed by atoms with Crippen LogP contribution in [0.4, 0.5) is 11.4 Å². The highest BCUT2D eigenvalue weighted by Crippen LogP contribution is 2.46. The number of hydrogen-bond donors (Lipinski definition) is 1. The summed E-state index contributed by atoms with van der Waals surface area (Å²) in [6.45, 7) is 0.684. The summed E-state index contributed by atoms with van der Waals surface area (Å²) in [5, 5.41) is 0. The first kappa shape index (κ1) is 13.1. The third-order valence-electron chi connectivity index (χ3n) is 3.23. The Balaban J connectivity index is 1.93. The van der Waals surface area contributed by atoms with Crippen LogP contribution in [-0.4, -0.2) is 21.1 Å². The molecule has 1 aliphatic heterocycles. The highest BCUT2D eigenvalue weighted by molar-refractivity contribution is 7.79. The molecule has 1 unspecified atom stereocenters. The van der Waals surface area contributed by atoms with Gasteiger partial charge >= 0.3 is 0 Å². The number of para-hydroxylation sites is 4. The zero-order valence-electron chi connectivity index (χ0n) is 10.9. The smallest absolute Gasteiger partial charge is 0.152 e. The highest BCUT2D eigenvalue weighted by atomic mass is 32.2. The molecule has 1 heterocycles. The van der Waals surface area contributed by atoms with Crippen LogP contribution in [0.15, 0.2) is 48.5 Å². The van der Waals surface area contributed by atoms with E-state index in [2.05, 4.69) is 4.90 Å². The monoisotopic (exact) mass is 289 g/mol. The van der Waals surface area contributed by atoms with Crippen molar-refractivity contribution in [2.45, 2.75) is 6.42 Å². The summed E-state index contributed by atoms with van der Waals surface area (Å²) in [5.74, 6) is 1.91. The van der Waals surface area contributed by atoms with Gasteiger partial charge in [-0.15, -0.1) is 0 Å². The van der Waals surface area contributed by atoms with Crippen LogP contribution < -0.4 is 9.64 Å². The van der Waals surface area contributed by atoms with Gasteiger partial charge in [-0.1, -0.05) is 24.3 Å². The maximum Gasteiger partial charge on any atom is 0.152 e. The molecule has 1 atom stereocenters. The summed E-state index contributed by atoms with van der Waals surface area (Å²) >= 11 is -1.74. The average Bonchev–Trinajstić information content (AvgIpc) is 2.46. The molecule has 104 valence electrons. The zero-order valence-corrected chi connectivity index (χ0v) is 11.7. The standard InChI is InChI=1S/C15H15NO3S/c17-20(18)11-5-10-16-12-6-1-3-8-14(12)19-15-9-4-2-7-13(15)16/h1-4,6-9H,5,10-11H2,(H,17,18). The van der Waals surface area contributed by atoms with Gasteiger partial charge in [0.05, 0.1) is 17.1 Å². The van der Waals surface area contributed by atoms with E-state index in [4.69, 9.17) is 9.29 Å². The van der Waals surface area contributed by atoms with Crippen LogP contribution in [0.25, 0.3) is 0 Å². The molecular formula is C15H15NO3S. The molecule has 0 aromatic heterocycles. The number of hydrogen-bond acceptors (Lipinski definition) is 3. The number of benzene rings is 2. The van der Waals surface area contributed by atoms with Crippen molar-refractivity contribution in [3.05, 3.63) is 48.5 Å². The predicted octanol–water partition coefficient (Wildman–Crippen LogP) is 3.54. The quantitative estimate of drug-likeness (QED) is 0.875. The third kappa shape index (κ3) is 2.55.